The van der Waals surface area contributed by atoms with E-state index in [1.165, 1.54) is 12.1 Å². The smallest absolute Gasteiger partial charge is 0.407 e. The summed E-state index contributed by atoms with van der Waals surface area (Å²) in [4.78, 5) is 21.5. The molecule has 1 aromatic heterocycles. The van der Waals surface area contributed by atoms with E-state index in [-0.39, 0.29) is 12.3 Å². The second-order valence-electron chi connectivity index (χ2n) is 3.40. The van der Waals surface area contributed by atoms with Crippen molar-refractivity contribution in [1.82, 2.24) is 10.5 Å². The number of aromatic carboxylic acids is 1. The Morgan fingerprint density at radius 3 is 3.00 bits per heavy atom. The molecule has 0 saturated heterocycles. The van der Waals surface area contributed by atoms with Crippen molar-refractivity contribution in [2.75, 3.05) is 13.2 Å². The average Bonchev–Trinajstić information content (AvgIpc) is 2.81. The molecule has 0 aliphatic heterocycles. The van der Waals surface area contributed by atoms with Gasteiger partial charge in [-0.25, -0.2) is 9.59 Å². The summed E-state index contributed by atoms with van der Waals surface area (Å²) in [6.07, 6.45) is 2.04. The van der Waals surface area contributed by atoms with Gasteiger partial charge < -0.3 is 19.7 Å². The van der Waals surface area contributed by atoms with Crippen LogP contribution in [0.3, 0.4) is 0 Å². The zero-order valence-electron chi connectivity index (χ0n) is 9.72. The SMILES string of the molecule is C=CCOC(=O)NCCCc1cc(C(=O)O)no1. The summed E-state index contributed by atoms with van der Waals surface area (Å²) in [5.41, 5.74) is -0.122. The number of alkyl carbamates (subject to hydrolysis) is 1. The number of ether oxygens (including phenoxy) is 1. The number of hydrogen-bond donors (Lipinski definition) is 2. The Labute approximate surface area is 103 Å². The van der Waals surface area contributed by atoms with Crippen LogP contribution in [0.4, 0.5) is 4.79 Å². The highest BCUT2D eigenvalue weighted by Crippen LogP contribution is 2.05. The Morgan fingerprint density at radius 1 is 1.61 bits per heavy atom. The molecule has 0 bridgehead atoms. The number of carboxylic acids is 1. The van der Waals surface area contributed by atoms with Gasteiger partial charge in [-0.15, -0.1) is 0 Å². The van der Waals surface area contributed by atoms with E-state index in [0.29, 0.717) is 25.1 Å². The van der Waals surface area contributed by atoms with Crippen molar-refractivity contribution >= 4 is 12.1 Å². The molecule has 18 heavy (non-hydrogen) atoms. The van der Waals surface area contributed by atoms with Crippen LogP contribution in [0.5, 0.6) is 0 Å². The van der Waals surface area contributed by atoms with Crippen molar-refractivity contribution in [1.29, 1.82) is 0 Å². The number of nitrogens with one attached hydrogen (secondary N) is 1. The fraction of sp³-hybridized carbons (Fsp3) is 0.364. The molecule has 7 nitrogen and oxygen atoms in total. The lowest BCUT2D eigenvalue weighted by molar-refractivity contribution is 0.0685. The van der Waals surface area contributed by atoms with Gasteiger partial charge in [0, 0.05) is 19.0 Å². The summed E-state index contributed by atoms with van der Waals surface area (Å²) in [6.45, 7) is 3.98. The molecule has 7 heteroatoms. The first-order valence-corrected chi connectivity index (χ1v) is 5.34. The van der Waals surface area contributed by atoms with Crippen LogP contribution in [-0.4, -0.2) is 35.5 Å². The summed E-state index contributed by atoms with van der Waals surface area (Å²) < 4.78 is 9.51. The minimum absolute atomic E-state index is 0.122. The van der Waals surface area contributed by atoms with Crippen LogP contribution in [0.15, 0.2) is 23.2 Å². The summed E-state index contributed by atoms with van der Waals surface area (Å²) in [6, 6.07) is 1.36. The van der Waals surface area contributed by atoms with Crippen molar-refractivity contribution in [3.05, 3.63) is 30.2 Å². The summed E-state index contributed by atoms with van der Waals surface area (Å²) in [5, 5.41) is 14.5. The van der Waals surface area contributed by atoms with Crippen molar-refractivity contribution in [3.8, 4) is 0 Å². The molecule has 0 fully saturated rings. The van der Waals surface area contributed by atoms with Crippen LogP contribution in [-0.2, 0) is 11.2 Å². The number of carbonyl (C=O) groups excluding carboxylic acids is 1. The zero-order chi connectivity index (χ0) is 13.4. The summed E-state index contributed by atoms with van der Waals surface area (Å²) in [7, 11) is 0. The molecule has 0 spiro atoms. The van der Waals surface area contributed by atoms with Crippen molar-refractivity contribution in [2.24, 2.45) is 0 Å². The molecule has 1 amide bonds. The van der Waals surface area contributed by atoms with Gasteiger partial charge in [0.2, 0.25) is 0 Å². The van der Waals surface area contributed by atoms with Gasteiger partial charge in [0.15, 0.2) is 5.69 Å². The van der Waals surface area contributed by atoms with E-state index >= 15 is 0 Å². The van der Waals surface area contributed by atoms with Gasteiger partial charge in [-0.1, -0.05) is 17.8 Å². The van der Waals surface area contributed by atoms with E-state index in [4.69, 9.17) is 14.4 Å². The van der Waals surface area contributed by atoms with Gasteiger partial charge in [-0.05, 0) is 6.42 Å². The Kier molecular flexibility index (Phi) is 5.43. The minimum Gasteiger partial charge on any atom is -0.476 e. The predicted molar refractivity (Wildman–Crippen MR) is 61.3 cm³/mol. The van der Waals surface area contributed by atoms with Gasteiger partial charge in [0.05, 0.1) is 0 Å². The second kappa shape index (κ2) is 7.10. The molecule has 0 radical (unpaired) electrons. The van der Waals surface area contributed by atoms with Crippen molar-refractivity contribution < 1.29 is 24.0 Å². The lowest BCUT2D eigenvalue weighted by Gasteiger charge is -2.03. The minimum atomic E-state index is -1.13. The Hall–Kier alpha value is -2.31. The normalized spacial score (nSPS) is 9.78. The molecule has 1 heterocycles. The number of nitrogens with zero attached hydrogens (tertiary/aromatic N) is 1. The van der Waals surface area contributed by atoms with E-state index in [1.807, 2.05) is 0 Å². The lowest BCUT2D eigenvalue weighted by atomic mass is 10.2. The Balaban J connectivity index is 2.19. The topological polar surface area (TPSA) is 102 Å². The fourth-order valence-corrected chi connectivity index (χ4v) is 1.17. The molecule has 1 aromatic rings. The maximum atomic E-state index is 11.0. The molecule has 0 saturated carbocycles. The highest BCUT2D eigenvalue weighted by molar-refractivity contribution is 5.85. The molecule has 0 aromatic carbocycles. The molecular weight excluding hydrogens is 240 g/mol. The highest BCUT2D eigenvalue weighted by Gasteiger charge is 2.10. The first kappa shape index (κ1) is 13.8. The van der Waals surface area contributed by atoms with Crippen molar-refractivity contribution in [2.45, 2.75) is 12.8 Å². The van der Waals surface area contributed by atoms with Gasteiger partial charge >= 0.3 is 12.1 Å². The van der Waals surface area contributed by atoms with Crippen LogP contribution in [0, 0.1) is 0 Å². The molecule has 2 N–H and O–H groups in total. The number of hydrogen-bond acceptors (Lipinski definition) is 5. The molecule has 98 valence electrons. The number of carboxylic acid groups (broad SMARTS) is 1. The lowest BCUT2D eigenvalue weighted by Crippen LogP contribution is -2.25. The van der Waals surface area contributed by atoms with Crippen molar-refractivity contribution in [3.63, 3.8) is 0 Å². The van der Waals surface area contributed by atoms with Crippen LogP contribution in [0.25, 0.3) is 0 Å². The largest absolute Gasteiger partial charge is 0.476 e. The number of aromatic nitrogens is 1. The quantitative estimate of drug-likeness (QED) is 0.560. The summed E-state index contributed by atoms with van der Waals surface area (Å²) >= 11 is 0. The number of rotatable bonds is 7. The van der Waals surface area contributed by atoms with E-state index in [1.54, 1.807) is 0 Å². The third-order valence-corrected chi connectivity index (χ3v) is 1.98. The maximum Gasteiger partial charge on any atom is 0.407 e. The molecule has 0 unspecified atom stereocenters. The maximum absolute atomic E-state index is 11.0. The monoisotopic (exact) mass is 254 g/mol. The number of carbonyl (C=O) groups is 2. The summed E-state index contributed by atoms with van der Waals surface area (Å²) in [5.74, 6) is -0.662. The van der Waals surface area contributed by atoms with Gasteiger partial charge in [-0.3, -0.25) is 0 Å². The van der Waals surface area contributed by atoms with Crippen LogP contribution in [0.1, 0.15) is 22.7 Å². The molecule has 0 aliphatic rings. The zero-order valence-corrected chi connectivity index (χ0v) is 9.72. The molecule has 1 rings (SSSR count). The van der Waals surface area contributed by atoms with E-state index in [0.717, 1.165) is 0 Å². The fourth-order valence-electron chi connectivity index (χ4n) is 1.17. The highest BCUT2D eigenvalue weighted by atomic mass is 16.5. The Morgan fingerprint density at radius 2 is 2.39 bits per heavy atom. The standard InChI is InChI=1S/C11H14N2O5/c1-2-6-17-11(16)12-5-3-4-8-7-9(10(14)15)13-18-8/h2,7H,1,3-6H2,(H,12,16)(H,14,15). The third kappa shape index (κ3) is 4.69. The average molecular weight is 254 g/mol. The predicted octanol–water partition coefficient (Wildman–Crippen LogP) is 1.22. The Bertz CT molecular complexity index is 427. The third-order valence-electron chi connectivity index (χ3n) is 1.98. The second-order valence-corrected chi connectivity index (χ2v) is 3.40. The van der Waals surface area contributed by atoms with E-state index in [2.05, 4.69) is 17.1 Å². The first-order valence-electron chi connectivity index (χ1n) is 5.34. The number of amides is 1. The molecule has 0 aliphatic carbocycles. The van der Waals surface area contributed by atoms with Crippen LogP contribution < -0.4 is 5.32 Å². The van der Waals surface area contributed by atoms with Gasteiger partial charge in [0.25, 0.3) is 0 Å². The molecule has 0 atom stereocenters. The van der Waals surface area contributed by atoms with Crippen LogP contribution >= 0.6 is 0 Å². The van der Waals surface area contributed by atoms with Gasteiger partial charge in [0.1, 0.15) is 12.4 Å². The first-order chi connectivity index (χ1) is 8.63. The van der Waals surface area contributed by atoms with Crippen LogP contribution in [0.2, 0.25) is 0 Å². The van der Waals surface area contributed by atoms with E-state index < -0.39 is 12.1 Å². The molecular formula is C11H14N2O5. The van der Waals surface area contributed by atoms with E-state index in [9.17, 15) is 9.59 Å². The number of aryl methyl sites for hydroxylation is 1. The van der Waals surface area contributed by atoms with Gasteiger partial charge in [-0.2, -0.15) is 0 Å².